The van der Waals surface area contributed by atoms with E-state index in [9.17, 15) is 29.7 Å². The number of nitrogens with zero attached hydrogens (tertiary/aromatic N) is 1. The second-order valence-electron chi connectivity index (χ2n) is 7.88. The first-order valence-corrected chi connectivity index (χ1v) is 13.0. The van der Waals surface area contributed by atoms with Crippen LogP contribution in [0.3, 0.4) is 0 Å². The van der Waals surface area contributed by atoms with Crippen molar-refractivity contribution in [3.8, 4) is 0 Å². The second kappa shape index (κ2) is 10.2. The number of hydrogen-bond acceptors (Lipinski definition) is 7. The van der Waals surface area contributed by atoms with Crippen molar-refractivity contribution < 1.29 is 29.7 Å². The zero-order valence-electron chi connectivity index (χ0n) is 17.6. The molecule has 1 aliphatic carbocycles. The van der Waals surface area contributed by atoms with Gasteiger partial charge in [-0.05, 0) is 41.8 Å². The van der Waals surface area contributed by atoms with Crippen molar-refractivity contribution in [2.24, 2.45) is 0 Å². The molecule has 0 bridgehead atoms. The van der Waals surface area contributed by atoms with Gasteiger partial charge in [-0.25, -0.2) is 4.79 Å². The lowest BCUT2D eigenvalue weighted by Gasteiger charge is -2.49. The molecule has 4 N–H and O–H groups in total. The van der Waals surface area contributed by atoms with Gasteiger partial charge in [-0.15, -0.1) is 23.5 Å². The molecule has 0 saturated carbocycles. The van der Waals surface area contributed by atoms with E-state index < -0.39 is 29.2 Å². The Bertz CT molecular complexity index is 1170. The second-order valence-corrected chi connectivity index (χ2v) is 10.8. The van der Waals surface area contributed by atoms with Gasteiger partial charge in [0, 0.05) is 21.4 Å². The van der Waals surface area contributed by atoms with Crippen LogP contribution in [0.15, 0.2) is 57.5 Å². The molecule has 2 aliphatic heterocycles. The molecular weight excluding hydrogens is 523 g/mol. The maximum atomic E-state index is 12.8. The molecule has 1 fully saturated rings. The summed E-state index contributed by atoms with van der Waals surface area (Å²) in [4.78, 5) is 39.3. The highest BCUT2D eigenvalue weighted by Crippen LogP contribution is 2.42. The van der Waals surface area contributed by atoms with Crippen molar-refractivity contribution in [1.82, 2.24) is 10.2 Å². The van der Waals surface area contributed by atoms with E-state index >= 15 is 0 Å². The highest BCUT2D eigenvalue weighted by Gasteiger charge is 2.54. The molecule has 2 atom stereocenters. The van der Waals surface area contributed by atoms with E-state index in [0.717, 1.165) is 4.90 Å². The van der Waals surface area contributed by atoms with E-state index in [4.69, 9.17) is 23.2 Å². The fourth-order valence-electron chi connectivity index (χ4n) is 3.87. The molecule has 8 nitrogen and oxygen atoms in total. The monoisotopic (exact) mass is 542 g/mol. The van der Waals surface area contributed by atoms with Gasteiger partial charge in [-0.2, -0.15) is 0 Å². The third-order valence-electron chi connectivity index (χ3n) is 5.58. The normalized spacial score (nSPS) is 22.2. The van der Waals surface area contributed by atoms with Crippen molar-refractivity contribution >= 4 is 64.5 Å². The number of aliphatic hydroxyl groups excluding tert-OH is 2. The summed E-state index contributed by atoms with van der Waals surface area (Å²) in [6, 6.07) is 4.22. The van der Waals surface area contributed by atoms with Crippen LogP contribution in [0.25, 0.3) is 0 Å². The largest absolute Gasteiger partial charge is 0.512 e. The lowest BCUT2D eigenvalue weighted by Crippen LogP contribution is -2.70. The van der Waals surface area contributed by atoms with Crippen LogP contribution in [0, 0.1) is 0 Å². The number of nitrogens with one attached hydrogen (secondary N) is 1. The molecule has 34 heavy (non-hydrogen) atoms. The number of benzene rings is 1. The number of thioether (sulfide) groups is 2. The molecule has 0 aromatic heterocycles. The predicted octanol–water partition coefficient (Wildman–Crippen LogP) is 4.26. The number of hydrogen-bond donors (Lipinski definition) is 4. The molecule has 1 unspecified atom stereocenters. The molecule has 2 amide bonds. The van der Waals surface area contributed by atoms with E-state index in [1.807, 2.05) is 0 Å². The van der Waals surface area contributed by atoms with Crippen LogP contribution in [-0.4, -0.2) is 60.9 Å². The fourth-order valence-corrected chi connectivity index (χ4v) is 6.85. The summed E-state index contributed by atoms with van der Waals surface area (Å²) in [5.74, 6) is -1.43. The summed E-state index contributed by atoms with van der Waals surface area (Å²) in [6.07, 6.45) is 1.64. The zero-order chi connectivity index (χ0) is 24.6. The van der Waals surface area contributed by atoms with Gasteiger partial charge in [-0.1, -0.05) is 23.2 Å². The first-order valence-electron chi connectivity index (χ1n) is 10.2. The first-order chi connectivity index (χ1) is 16.2. The maximum Gasteiger partial charge on any atom is 0.352 e. The quantitative estimate of drug-likeness (QED) is 0.297. The average Bonchev–Trinajstić information content (AvgIpc) is 2.78. The Hall–Kier alpha value is -2.27. The number of amides is 2. The third-order valence-corrected chi connectivity index (χ3v) is 8.74. The number of fused-ring (bicyclic) bond motifs is 1. The number of carboxylic acid groups (broad SMARTS) is 1. The summed E-state index contributed by atoms with van der Waals surface area (Å²) in [6.45, 7) is 0. The SMILES string of the molecule is O=C(CC1=C(O)CC(O)=CC1)NC1C(=O)N2C(C(=O)O)=C(CSc3ccc(Cl)cc3Cl)CS[C@H]12. The standard InChI is InChI=1S/C22H20Cl2N2O6S2/c23-12-2-4-16(14(24)6-12)33-8-11-9-34-21-18(20(30)26(21)19(11)22(31)32)25-17(29)5-10-1-3-13(27)7-15(10)28/h2-4,6,18,21,27-28H,1,5,7-9H2,(H,25,29)(H,31,32)/t18?,21-/m1/s1. The van der Waals surface area contributed by atoms with Crippen molar-refractivity contribution in [3.05, 3.63) is 62.7 Å². The molecule has 1 aromatic rings. The molecule has 0 radical (unpaired) electrons. The van der Waals surface area contributed by atoms with Crippen LogP contribution in [0.2, 0.25) is 10.0 Å². The van der Waals surface area contributed by atoms with Gasteiger partial charge < -0.3 is 20.6 Å². The predicted molar refractivity (Wildman–Crippen MR) is 131 cm³/mol. The minimum Gasteiger partial charge on any atom is -0.512 e. The molecule has 2 heterocycles. The number of halogens is 2. The lowest BCUT2D eigenvalue weighted by atomic mass is 9.98. The highest BCUT2D eigenvalue weighted by atomic mass is 35.5. The van der Waals surface area contributed by atoms with Gasteiger partial charge in [-0.3, -0.25) is 14.5 Å². The number of rotatable bonds is 7. The van der Waals surface area contributed by atoms with Gasteiger partial charge in [0.15, 0.2) is 0 Å². The van der Waals surface area contributed by atoms with Crippen LogP contribution in [0.5, 0.6) is 0 Å². The van der Waals surface area contributed by atoms with Gasteiger partial charge in [0.1, 0.15) is 17.1 Å². The highest BCUT2D eigenvalue weighted by molar-refractivity contribution is 8.01. The van der Waals surface area contributed by atoms with Crippen LogP contribution < -0.4 is 5.32 Å². The summed E-state index contributed by atoms with van der Waals surface area (Å²) in [5, 5.41) is 32.3. The Balaban J connectivity index is 1.42. The number of β-lactam (4-membered cyclic amide) rings is 1. The number of carbonyl (C=O) groups excluding carboxylic acids is 2. The van der Waals surface area contributed by atoms with Crippen LogP contribution >= 0.6 is 46.7 Å². The Kier molecular flexibility index (Phi) is 7.42. The molecule has 1 saturated heterocycles. The topological polar surface area (TPSA) is 127 Å². The molecule has 12 heteroatoms. The lowest BCUT2D eigenvalue weighted by molar-refractivity contribution is -0.150. The number of aliphatic carboxylic acids is 1. The molecular formula is C22H20Cl2N2O6S2. The molecule has 1 aromatic carbocycles. The first kappa shape index (κ1) is 24.8. The van der Waals surface area contributed by atoms with Crippen molar-refractivity contribution in [1.29, 1.82) is 0 Å². The van der Waals surface area contributed by atoms with Crippen LogP contribution in [0.1, 0.15) is 19.3 Å². The number of carboxylic acids is 1. The minimum absolute atomic E-state index is 0.0218. The Morgan fingerprint density at radius 2 is 2.00 bits per heavy atom. The summed E-state index contributed by atoms with van der Waals surface area (Å²) in [5.41, 5.74) is 0.998. The Morgan fingerprint density at radius 1 is 1.24 bits per heavy atom. The number of carbonyl (C=O) groups is 3. The van der Waals surface area contributed by atoms with Gasteiger partial charge in [0.2, 0.25) is 5.91 Å². The average molecular weight is 543 g/mol. The van der Waals surface area contributed by atoms with Crippen molar-refractivity contribution in [2.45, 2.75) is 35.6 Å². The summed E-state index contributed by atoms with van der Waals surface area (Å²) in [7, 11) is 0. The smallest absolute Gasteiger partial charge is 0.352 e. The van der Waals surface area contributed by atoms with E-state index in [1.165, 1.54) is 34.5 Å². The number of aliphatic hydroxyl groups is 2. The van der Waals surface area contributed by atoms with E-state index in [1.54, 1.807) is 18.2 Å². The maximum absolute atomic E-state index is 12.8. The van der Waals surface area contributed by atoms with Gasteiger partial charge >= 0.3 is 5.97 Å². The molecule has 4 rings (SSSR count). The van der Waals surface area contributed by atoms with Crippen molar-refractivity contribution in [3.63, 3.8) is 0 Å². The molecule has 180 valence electrons. The van der Waals surface area contributed by atoms with Gasteiger partial charge in [0.25, 0.3) is 5.91 Å². The van der Waals surface area contributed by atoms with E-state index in [2.05, 4.69) is 5.32 Å². The fraction of sp³-hybridized carbons (Fsp3) is 0.318. The van der Waals surface area contributed by atoms with Crippen LogP contribution in [0.4, 0.5) is 0 Å². The third kappa shape index (κ3) is 5.05. The van der Waals surface area contributed by atoms with Crippen LogP contribution in [-0.2, 0) is 14.4 Å². The summed E-state index contributed by atoms with van der Waals surface area (Å²) >= 11 is 14.9. The van der Waals surface area contributed by atoms with E-state index in [-0.39, 0.29) is 36.5 Å². The Labute approximate surface area is 213 Å². The van der Waals surface area contributed by atoms with E-state index in [0.29, 0.717) is 32.7 Å². The molecule has 0 spiro atoms. The number of allylic oxidation sites excluding steroid dienone is 1. The Morgan fingerprint density at radius 3 is 2.68 bits per heavy atom. The van der Waals surface area contributed by atoms with Gasteiger partial charge in [0.05, 0.1) is 29.4 Å². The summed E-state index contributed by atoms with van der Waals surface area (Å²) < 4.78 is 0. The molecule has 3 aliphatic rings. The zero-order valence-corrected chi connectivity index (χ0v) is 20.7. The van der Waals surface area contributed by atoms with Crippen molar-refractivity contribution in [2.75, 3.05) is 11.5 Å². The minimum atomic E-state index is -1.20.